The van der Waals surface area contributed by atoms with Gasteiger partial charge in [0.15, 0.2) is 23.3 Å². The minimum absolute atomic E-state index is 0. The van der Waals surface area contributed by atoms with Gasteiger partial charge in [0, 0.05) is 27.2 Å². The van der Waals surface area contributed by atoms with Gasteiger partial charge in [0.1, 0.15) is 12.4 Å². The van der Waals surface area contributed by atoms with Crippen LogP contribution < -0.4 is 14.8 Å². The molecule has 1 aliphatic rings. The standard InChI is InChI=1S/C19H28N6O2.HI/c1-5-6-9-20-19(21-11-18-23-22-14(2)25(18)4)24(3)12-15-7-8-16-17(10-15)27-13-26-16;/h7-8,10H,5-6,9,11-13H2,1-4H3,(H,20,21);1H. The van der Waals surface area contributed by atoms with Crippen molar-refractivity contribution in [3.8, 4) is 11.5 Å². The summed E-state index contributed by atoms with van der Waals surface area (Å²) in [4.78, 5) is 6.87. The summed E-state index contributed by atoms with van der Waals surface area (Å²) < 4.78 is 12.8. The molecule has 1 aliphatic heterocycles. The second-order valence-corrected chi connectivity index (χ2v) is 6.69. The van der Waals surface area contributed by atoms with Crippen LogP contribution in [0.25, 0.3) is 0 Å². The summed E-state index contributed by atoms with van der Waals surface area (Å²) in [5.74, 6) is 4.18. The molecule has 1 aromatic carbocycles. The minimum atomic E-state index is 0. The summed E-state index contributed by atoms with van der Waals surface area (Å²) in [6.07, 6.45) is 2.23. The van der Waals surface area contributed by atoms with Crippen LogP contribution in [0.15, 0.2) is 23.2 Å². The number of fused-ring (bicyclic) bond motifs is 1. The van der Waals surface area contributed by atoms with Gasteiger partial charge in [-0.3, -0.25) is 0 Å². The first-order valence-corrected chi connectivity index (χ1v) is 9.31. The number of hydrogen-bond donors (Lipinski definition) is 1. The highest BCUT2D eigenvalue weighted by Gasteiger charge is 2.15. The molecule has 3 rings (SSSR count). The number of aliphatic imine (C=N–C) groups is 1. The van der Waals surface area contributed by atoms with Crippen molar-refractivity contribution in [2.24, 2.45) is 12.0 Å². The Balaban J connectivity index is 0.00000280. The van der Waals surface area contributed by atoms with Gasteiger partial charge in [-0.25, -0.2) is 4.99 Å². The van der Waals surface area contributed by atoms with E-state index in [4.69, 9.17) is 14.5 Å². The highest BCUT2D eigenvalue weighted by molar-refractivity contribution is 14.0. The maximum atomic E-state index is 5.48. The predicted octanol–water partition coefficient (Wildman–Crippen LogP) is 2.85. The second kappa shape index (κ2) is 10.5. The molecule has 0 atom stereocenters. The Morgan fingerprint density at radius 3 is 2.79 bits per heavy atom. The van der Waals surface area contributed by atoms with Gasteiger partial charge >= 0.3 is 0 Å². The Morgan fingerprint density at radius 1 is 1.29 bits per heavy atom. The van der Waals surface area contributed by atoms with Crippen molar-refractivity contribution in [2.45, 2.75) is 39.8 Å². The lowest BCUT2D eigenvalue weighted by Gasteiger charge is -2.22. The molecule has 0 radical (unpaired) electrons. The Kier molecular flexibility index (Phi) is 8.34. The van der Waals surface area contributed by atoms with Crippen molar-refractivity contribution < 1.29 is 9.47 Å². The monoisotopic (exact) mass is 500 g/mol. The molecule has 0 saturated carbocycles. The number of rotatable bonds is 7. The third kappa shape index (κ3) is 5.49. The number of nitrogens with one attached hydrogen (secondary N) is 1. The number of guanidine groups is 1. The zero-order valence-electron chi connectivity index (χ0n) is 16.9. The van der Waals surface area contributed by atoms with Crippen LogP contribution in [0, 0.1) is 6.92 Å². The molecule has 0 amide bonds. The molecule has 2 aromatic rings. The lowest BCUT2D eigenvalue weighted by molar-refractivity contribution is 0.174. The van der Waals surface area contributed by atoms with Gasteiger partial charge in [-0.2, -0.15) is 0 Å². The number of aromatic nitrogens is 3. The lowest BCUT2D eigenvalue weighted by Crippen LogP contribution is -2.39. The van der Waals surface area contributed by atoms with Gasteiger partial charge < -0.3 is 24.3 Å². The molecule has 0 bridgehead atoms. The third-order valence-corrected chi connectivity index (χ3v) is 4.58. The first-order valence-electron chi connectivity index (χ1n) is 9.31. The van der Waals surface area contributed by atoms with E-state index in [9.17, 15) is 0 Å². The van der Waals surface area contributed by atoms with E-state index >= 15 is 0 Å². The molecule has 1 aromatic heterocycles. The van der Waals surface area contributed by atoms with E-state index < -0.39 is 0 Å². The summed E-state index contributed by atoms with van der Waals surface area (Å²) in [5.41, 5.74) is 1.14. The smallest absolute Gasteiger partial charge is 0.231 e. The molecule has 0 aliphatic carbocycles. The Morgan fingerprint density at radius 2 is 2.07 bits per heavy atom. The van der Waals surface area contributed by atoms with Crippen LogP contribution in [-0.2, 0) is 20.1 Å². The number of benzene rings is 1. The van der Waals surface area contributed by atoms with Crippen LogP contribution in [0.1, 0.15) is 37.0 Å². The van der Waals surface area contributed by atoms with Crippen molar-refractivity contribution >= 4 is 29.9 Å². The van der Waals surface area contributed by atoms with Crippen molar-refractivity contribution in [1.82, 2.24) is 25.0 Å². The fourth-order valence-corrected chi connectivity index (χ4v) is 2.81. The molecular weight excluding hydrogens is 471 g/mol. The number of hydrogen-bond acceptors (Lipinski definition) is 5. The average Bonchev–Trinajstić information content (AvgIpc) is 3.25. The Labute approximate surface area is 183 Å². The van der Waals surface area contributed by atoms with Crippen molar-refractivity contribution in [3.63, 3.8) is 0 Å². The van der Waals surface area contributed by atoms with Crippen LogP contribution in [0.4, 0.5) is 0 Å². The molecule has 8 nitrogen and oxygen atoms in total. The maximum Gasteiger partial charge on any atom is 0.231 e. The number of unbranched alkanes of at least 4 members (excludes halogenated alkanes) is 1. The number of ether oxygens (including phenoxy) is 2. The van der Waals surface area contributed by atoms with E-state index in [1.165, 1.54) is 0 Å². The highest BCUT2D eigenvalue weighted by Crippen LogP contribution is 2.32. The average molecular weight is 500 g/mol. The molecule has 0 saturated heterocycles. The molecule has 28 heavy (non-hydrogen) atoms. The molecule has 154 valence electrons. The van der Waals surface area contributed by atoms with Crippen molar-refractivity contribution in [3.05, 3.63) is 35.4 Å². The molecule has 0 spiro atoms. The van der Waals surface area contributed by atoms with Crippen LogP contribution in [-0.4, -0.2) is 46.0 Å². The van der Waals surface area contributed by atoms with Crippen LogP contribution in [0.3, 0.4) is 0 Å². The van der Waals surface area contributed by atoms with E-state index in [0.717, 1.165) is 54.1 Å². The molecule has 0 unspecified atom stereocenters. The zero-order valence-corrected chi connectivity index (χ0v) is 19.3. The quantitative estimate of drug-likeness (QED) is 0.273. The van der Waals surface area contributed by atoms with E-state index in [0.29, 0.717) is 13.1 Å². The normalized spacial score (nSPS) is 12.6. The number of halogens is 1. The van der Waals surface area contributed by atoms with E-state index in [1.54, 1.807) is 0 Å². The third-order valence-electron chi connectivity index (χ3n) is 4.58. The van der Waals surface area contributed by atoms with Gasteiger partial charge in [0.25, 0.3) is 0 Å². The van der Waals surface area contributed by atoms with Crippen LogP contribution in [0.2, 0.25) is 0 Å². The fraction of sp³-hybridized carbons (Fsp3) is 0.526. The number of nitrogens with zero attached hydrogens (tertiary/aromatic N) is 5. The minimum Gasteiger partial charge on any atom is -0.454 e. The Bertz CT molecular complexity index is 808. The summed E-state index contributed by atoms with van der Waals surface area (Å²) in [5, 5.41) is 11.7. The lowest BCUT2D eigenvalue weighted by atomic mass is 10.2. The van der Waals surface area contributed by atoms with Gasteiger partial charge in [0.2, 0.25) is 6.79 Å². The summed E-state index contributed by atoms with van der Waals surface area (Å²) >= 11 is 0. The summed E-state index contributed by atoms with van der Waals surface area (Å²) in [6.45, 7) is 6.49. The fourth-order valence-electron chi connectivity index (χ4n) is 2.81. The predicted molar refractivity (Wildman–Crippen MR) is 119 cm³/mol. The largest absolute Gasteiger partial charge is 0.454 e. The molecule has 2 heterocycles. The van der Waals surface area contributed by atoms with Gasteiger partial charge in [-0.05, 0) is 31.0 Å². The van der Waals surface area contributed by atoms with Gasteiger partial charge in [-0.1, -0.05) is 19.4 Å². The maximum absolute atomic E-state index is 5.48. The van der Waals surface area contributed by atoms with E-state index in [1.807, 2.05) is 37.7 Å². The SMILES string of the molecule is CCCCNC(=NCc1nnc(C)n1C)N(C)Cc1ccc2c(c1)OCO2.I. The number of aryl methyl sites for hydroxylation is 1. The second-order valence-electron chi connectivity index (χ2n) is 6.69. The van der Waals surface area contributed by atoms with Gasteiger partial charge in [0.05, 0.1) is 0 Å². The zero-order chi connectivity index (χ0) is 19.2. The first-order chi connectivity index (χ1) is 13.1. The molecule has 9 heteroatoms. The Hall–Kier alpha value is -2.04. The van der Waals surface area contributed by atoms with E-state index in [2.05, 4.69) is 33.4 Å². The summed E-state index contributed by atoms with van der Waals surface area (Å²) in [6, 6.07) is 6.03. The highest BCUT2D eigenvalue weighted by atomic mass is 127. The molecule has 0 fully saturated rings. The van der Waals surface area contributed by atoms with E-state index in [-0.39, 0.29) is 30.8 Å². The van der Waals surface area contributed by atoms with Crippen molar-refractivity contribution in [2.75, 3.05) is 20.4 Å². The topological polar surface area (TPSA) is 76.8 Å². The van der Waals surface area contributed by atoms with Crippen LogP contribution >= 0.6 is 24.0 Å². The van der Waals surface area contributed by atoms with Crippen molar-refractivity contribution in [1.29, 1.82) is 0 Å². The first kappa shape index (κ1) is 22.3. The van der Waals surface area contributed by atoms with Crippen LogP contribution in [0.5, 0.6) is 11.5 Å². The van der Waals surface area contributed by atoms with Gasteiger partial charge in [-0.15, -0.1) is 34.2 Å². The molecular formula is C19H29IN6O2. The molecule has 1 N–H and O–H groups in total. The summed E-state index contributed by atoms with van der Waals surface area (Å²) in [7, 11) is 3.99.